The summed E-state index contributed by atoms with van der Waals surface area (Å²) in [5.41, 5.74) is 0. The van der Waals surface area contributed by atoms with Crippen molar-refractivity contribution in [3.63, 3.8) is 0 Å². The van der Waals surface area contributed by atoms with E-state index in [0.29, 0.717) is 78.5 Å². The fourth-order valence-electron chi connectivity index (χ4n) is 2.06. The summed E-state index contributed by atoms with van der Waals surface area (Å²) in [6, 6.07) is 0.479. The third-order valence-corrected chi connectivity index (χ3v) is 3.50. The molecule has 0 unspecified atom stereocenters. The van der Waals surface area contributed by atoms with Gasteiger partial charge in [0.15, 0.2) is 0 Å². The molecule has 1 amide bonds. The lowest BCUT2D eigenvalue weighted by molar-refractivity contribution is -0.122. The zero-order valence-electron chi connectivity index (χ0n) is 18.3. The van der Waals surface area contributed by atoms with Crippen LogP contribution >= 0.6 is 0 Å². The summed E-state index contributed by atoms with van der Waals surface area (Å²) in [7, 11) is 0. The number of hydrogen-bond donors (Lipinski definition) is 2. The first kappa shape index (κ1) is 27.2. The van der Waals surface area contributed by atoms with Crippen molar-refractivity contribution < 1.29 is 28.5 Å². The number of hydrogen-bond acceptors (Lipinski definition) is 7. The van der Waals surface area contributed by atoms with Crippen LogP contribution in [0.3, 0.4) is 0 Å². The fourth-order valence-corrected chi connectivity index (χ4v) is 2.06. The summed E-state index contributed by atoms with van der Waals surface area (Å²) in [6.07, 6.45) is 1.54. The van der Waals surface area contributed by atoms with E-state index in [1.165, 1.54) is 0 Å². The fraction of sp³-hybridized carbons (Fsp3) is 0.950. The van der Waals surface area contributed by atoms with Gasteiger partial charge in [0.1, 0.15) is 0 Å². The van der Waals surface area contributed by atoms with E-state index in [-0.39, 0.29) is 12.0 Å². The molecular weight excluding hydrogens is 364 g/mol. The van der Waals surface area contributed by atoms with Gasteiger partial charge in [-0.15, -0.1) is 0 Å². The molecule has 0 aromatic carbocycles. The van der Waals surface area contributed by atoms with Crippen LogP contribution in [0.15, 0.2) is 0 Å². The molecule has 0 rings (SSSR count). The number of rotatable bonds is 21. The van der Waals surface area contributed by atoms with Gasteiger partial charge in [-0.2, -0.15) is 0 Å². The SMILES string of the molecule is CC(C)NCCCNC(=O)CCOCCOCCOCCOCCOC(C)C. The number of ether oxygens (including phenoxy) is 5. The lowest BCUT2D eigenvalue weighted by Crippen LogP contribution is -2.30. The van der Waals surface area contributed by atoms with Gasteiger partial charge in [-0.3, -0.25) is 4.79 Å². The average molecular weight is 407 g/mol. The molecule has 0 atom stereocenters. The lowest BCUT2D eigenvalue weighted by Gasteiger charge is -2.09. The molecule has 0 aliphatic heterocycles. The van der Waals surface area contributed by atoms with Gasteiger partial charge in [-0.05, 0) is 26.8 Å². The highest BCUT2D eigenvalue weighted by Crippen LogP contribution is 1.89. The molecule has 0 bridgehead atoms. The standard InChI is InChI=1S/C20H42N2O6/c1-18(2)21-7-5-8-22-20(23)6-9-24-10-11-25-12-13-26-14-15-27-16-17-28-19(3)4/h18-19,21H,5-17H2,1-4H3,(H,22,23). The molecule has 0 aromatic heterocycles. The first-order chi connectivity index (χ1) is 13.5. The number of carbonyl (C=O) groups excluding carboxylic acids is 1. The van der Waals surface area contributed by atoms with Crippen LogP contribution < -0.4 is 10.6 Å². The molecule has 0 spiro atoms. The van der Waals surface area contributed by atoms with Crippen molar-refractivity contribution in [3.8, 4) is 0 Å². The number of nitrogens with one attached hydrogen (secondary N) is 2. The predicted octanol–water partition coefficient (Wildman–Crippen LogP) is 1.37. The third kappa shape index (κ3) is 23.3. The maximum Gasteiger partial charge on any atom is 0.222 e. The summed E-state index contributed by atoms with van der Waals surface area (Å²) in [6.45, 7) is 14.5. The van der Waals surface area contributed by atoms with Crippen LogP contribution in [0.5, 0.6) is 0 Å². The molecule has 0 radical (unpaired) electrons. The highest BCUT2D eigenvalue weighted by molar-refractivity contribution is 5.75. The molecule has 2 N–H and O–H groups in total. The molecule has 8 heteroatoms. The Labute approximate surface area is 171 Å². The minimum Gasteiger partial charge on any atom is -0.379 e. The second kappa shape index (κ2) is 21.0. The first-order valence-electron chi connectivity index (χ1n) is 10.4. The van der Waals surface area contributed by atoms with Gasteiger partial charge < -0.3 is 34.3 Å². The third-order valence-electron chi connectivity index (χ3n) is 3.50. The second-order valence-corrected chi connectivity index (χ2v) is 6.93. The normalized spacial score (nSPS) is 11.5. The molecule has 0 aromatic rings. The van der Waals surface area contributed by atoms with E-state index in [9.17, 15) is 4.79 Å². The monoisotopic (exact) mass is 406 g/mol. The van der Waals surface area contributed by atoms with Crippen LogP contribution in [0.2, 0.25) is 0 Å². The molecule has 0 saturated heterocycles. The number of amides is 1. The Morgan fingerprint density at radius 2 is 1.21 bits per heavy atom. The van der Waals surface area contributed by atoms with Crippen molar-refractivity contribution in [1.82, 2.24) is 10.6 Å². The molecule has 168 valence electrons. The van der Waals surface area contributed by atoms with Gasteiger partial charge in [0.25, 0.3) is 0 Å². The Hall–Kier alpha value is -0.770. The van der Waals surface area contributed by atoms with Gasteiger partial charge in [0.2, 0.25) is 5.91 Å². The lowest BCUT2D eigenvalue weighted by atomic mass is 10.3. The van der Waals surface area contributed by atoms with Gasteiger partial charge in [0, 0.05) is 19.0 Å². The predicted molar refractivity (Wildman–Crippen MR) is 110 cm³/mol. The maximum atomic E-state index is 11.6. The Morgan fingerprint density at radius 3 is 1.71 bits per heavy atom. The summed E-state index contributed by atoms with van der Waals surface area (Å²) in [5, 5.41) is 6.19. The van der Waals surface area contributed by atoms with E-state index in [2.05, 4.69) is 24.5 Å². The topological polar surface area (TPSA) is 87.3 Å². The summed E-state index contributed by atoms with van der Waals surface area (Å²) < 4.78 is 26.9. The van der Waals surface area contributed by atoms with Gasteiger partial charge in [-0.1, -0.05) is 13.8 Å². The van der Waals surface area contributed by atoms with Gasteiger partial charge in [0.05, 0.1) is 65.6 Å². The molecule has 0 aliphatic carbocycles. The van der Waals surface area contributed by atoms with E-state index < -0.39 is 0 Å². The van der Waals surface area contributed by atoms with E-state index in [4.69, 9.17) is 23.7 Å². The van der Waals surface area contributed by atoms with Crippen LogP contribution in [0.25, 0.3) is 0 Å². The van der Waals surface area contributed by atoms with Gasteiger partial charge >= 0.3 is 0 Å². The van der Waals surface area contributed by atoms with Crippen molar-refractivity contribution >= 4 is 5.91 Å². The second-order valence-electron chi connectivity index (χ2n) is 6.93. The highest BCUT2D eigenvalue weighted by atomic mass is 16.6. The Kier molecular flexibility index (Phi) is 20.4. The minimum atomic E-state index is 0.0249. The zero-order valence-corrected chi connectivity index (χ0v) is 18.3. The van der Waals surface area contributed by atoms with Gasteiger partial charge in [-0.25, -0.2) is 0 Å². The average Bonchev–Trinajstić information content (AvgIpc) is 2.64. The molecule has 0 aliphatic rings. The van der Waals surface area contributed by atoms with Crippen LogP contribution in [0.4, 0.5) is 0 Å². The molecule has 0 fully saturated rings. The number of carbonyl (C=O) groups is 1. The van der Waals surface area contributed by atoms with E-state index in [1.807, 2.05) is 13.8 Å². The Balaban J connectivity index is 3.14. The highest BCUT2D eigenvalue weighted by Gasteiger charge is 2.01. The van der Waals surface area contributed by atoms with Crippen molar-refractivity contribution in [1.29, 1.82) is 0 Å². The Morgan fingerprint density at radius 1 is 0.714 bits per heavy atom. The van der Waals surface area contributed by atoms with E-state index in [1.54, 1.807) is 0 Å². The van der Waals surface area contributed by atoms with Crippen molar-refractivity contribution in [2.45, 2.75) is 52.7 Å². The Bertz CT molecular complexity index is 343. The largest absolute Gasteiger partial charge is 0.379 e. The summed E-state index contributed by atoms with van der Waals surface area (Å²) in [5.74, 6) is 0.0249. The molecular formula is C20H42N2O6. The maximum absolute atomic E-state index is 11.6. The molecule has 0 saturated carbocycles. The molecule has 28 heavy (non-hydrogen) atoms. The van der Waals surface area contributed by atoms with Crippen molar-refractivity contribution in [3.05, 3.63) is 0 Å². The van der Waals surface area contributed by atoms with Crippen LogP contribution in [-0.4, -0.2) is 90.6 Å². The molecule has 8 nitrogen and oxygen atoms in total. The summed E-state index contributed by atoms with van der Waals surface area (Å²) in [4.78, 5) is 11.6. The molecule has 0 heterocycles. The zero-order chi connectivity index (χ0) is 20.9. The van der Waals surface area contributed by atoms with Crippen LogP contribution in [-0.2, 0) is 28.5 Å². The quantitative estimate of drug-likeness (QED) is 0.278. The first-order valence-corrected chi connectivity index (χ1v) is 10.4. The van der Waals surface area contributed by atoms with Crippen molar-refractivity contribution in [2.75, 3.05) is 72.6 Å². The minimum absolute atomic E-state index is 0.0249. The van der Waals surface area contributed by atoms with Crippen molar-refractivity contribution in [2.24, 2.45) is 0 Å². The van der Waals surface area contributed by atoms with Crippen LogP contribution in [0, 0.1) is 0 Å². The smallest absolute Gasteiger partial charge is 0.222 e. The van der Waals surface area contributed by atoms with Crippen LogP contribution in [0.1, 0.15) is 40.5 Å². The van der Waals surface area contributed by atoms with E-state index in [0.717, 1.165) is 13.0 Å². The van der Waals surface area contributed by atoms with E-state index >= 15 is 0 Å². The summed E-state index contributed by atoms with van der Waals surface area (Å²) >= 11 is 0.